The Kier molecular flexibility index (Phi) is 3.67. The Bertz CT molecular complexity index is 420. The lowest BCUT2D eigenvalue weighted by Crippen LogP contribution is -1.94. The molecule has 2 rings (SSSR count). The number of nitrogens with zero attached hydrogens (tertiary/aromatic N) is 2. The predicted octanol–water partition coefficient (Wildman–Crippen LogP) is 2.32. The number of aliphatic hydroxyl groups is 1. The summed E-state index contributed by atoms with van der Waals surface area (Å²) in [4.78, 5) is 7.99. The number of ether oxygens (including phenoxy) is 1. The van der Waals surface area contributed by atoms with Gasteiger partial charge in [0.2, 0.25) is 0 Å². The molecule has 0 aliphatic carbocycles. The molecule has 0 aliphatic rings. The van der Waals surface area contributed by atoms with Gasteiger partial charge in [-0.15, -0.1) is 0 Å². The highest BCUT2D eigenvalue weighted by Crippen LogP contribution is 2.18. The van der Waals surface area contributed by atoms with Crippen LogP contribution >= 0.6 is 0 Å². The van der Waals surface area contributed by atoms with Crippen LogP contribution in [0.15, 0.2) is 36.7 Å². The topological polar surface area (TPSA) is 55.2 Å². The molecule has 0 unspecified atom stereocenters. The molecule has 2 aromatic rings. The Morgan fingerprint density at radius 2 is 1.71 bits per heavy atom. The van der Waals surface area contributed by atoms with E-state index in [4.69, 9.17) is 9.84 Å². The summed E-state index contributed by atoms with van der Waals surface area (Å²) in [5.74, 6) is 0.707. The number of aliphatic hydroxyl groups excluding tert-OH is 1. The molecular weight excluding hydrogens is 216 g/mol. The molecule has 0 aliphatic heterocycles. The van der Waals surface area contributed by atoms with Crippen LogP contribution in [-0.4, -0.2) is 15.1 Å². The van der Waals surface area contributed by atoms with Crippen LogP contribution in [0.25, 0.3) is 0 Å². The summed E-state index contributed by atoms with van der Waals surface area (Å²) in [7, 11) is 0. The van der Waals surface area contributed by atoms with E-state index < -0.39 is 0 Å². The molecule has 0 spiro atoms. The van der Waals surface area contributed by atoms with E-state index in [0.29, 0.717) is 11.3 Å². The summed E-state index contributed by atoms with van der Waals surface area (Å²) >= 11 is 0. The van der Waals surface area contributed by atoms with Gasteiger partial charge >= 0.3 is 6.01 Å². The van der Waals surface area contributed by atoms with Crippen LogP contribution in [0, 0.1) is 0 Å². The van der Waals surface area contributed by atoms with E-state index in [9.17, 15) is 0 Å². The second-order valence-corrected chi connectivity index (χ2v) is 3.63. The summed E-state index contributed by atoms with van der Waals surface area (Å²) in [6.07, 6.45) is 4.09. The van der Waals surface area contributed by atoms with Gasteiger partial charge in [0.15, 0.2) is 0 Å². The van der Waals surface area contributed by atoms with E-state index in [-0.39, 0.29) is 12.6 Å². The van der Waals surface area contributed by atoms with Crippen molar-refractivity contribution in [1.82, 2.24) is 9.97 Å². The Hall–Kier alpha value is -1.94. The lowest BCUT2D eigenvalue weighted by molar-refractivity contribution is 0.280. The van der Waals surface area contributed by atoms with Crippen molar-refractivity contribution in [3.05, 3.63) is 47.8 Å². The van der Waals surface area contributed by atoms with Crippen LogP contribution in [0.4, 0.5) is 0 Å². The van der Waals surface area contributed by atoms with Crippen LogP contribution in [0.5, 0.6) is 11.8 Å². The van der Waals surface area contributed by atoms with E-state index in [1.54, 1.807) is 12.4 Å². The largest absolute Gasteiger partial charge is 0.424 e. The predicted molar refractivity (Wildman–Crippen MR) is 63.8 cm³/mol. The highest BCUT2D eigenvalue weighted by Gasteiger charge is 2.00. The quantitative estimate of drug-likeness (QED) is 0.875. The minimum Gasteiger partial charge on any atom is -0.424 e. The van der Waals surface area contributed by atoms with E-state index in [1.165, 1.54) is 5.56 Å². The molecule has 0 bridgehead atoms. The highest BCUT2D eigenvalue weighted by atomic mass is 16.5. The maximum atomic E-state index is 8.86. The first-order valence-corrected chi connectivity index (χ1v) is 5.50. The first kappa shape index (κ1) is 11.5. The molecule has 0 fully saturated rings. The fourth-order valence-corrected chi connectivity index (χ4v) is 1.38. The zero-order valence-electron chi connectivity index (χ0n) is 9.63. The van der Waals surface area contributed by atoms with Crippen molar-refractivity contribution in [2.75, 3.05) is 0 Å². The van der Waals surface area contributed by atoms with Crippen molar-refractivity contribution in [2.24, 2.45) is 0 Å². The number of hydrogen-bond donors (Lipinski definition) is 1. The average molecular weight is 230 g/mol. The van der Waals surface area contributed by atoms with Gasteiger partial charge in [0.1, 0.15) is 5.75 Å². The molecule has 0 amide bonds. The molecule has 4 nitrogen and oxygen atoms in total. The van der Waals surface area contributed by atoms with Crippen molar-refractivity contribution < 1.29 is 9.84 Å². The van der Waals surface area contributed by atoms with Crippen molar-refractivity contribution in [3.63, 3.8) is 0 Å². The molecule has 4 heteroatoms. The van der Waals surface area contributed by atoms with Gasteiger partial charge in [0.05, 0.1) is 6.61 Å². The van der Waals surface area contributed by atoms with Gasteiger partial charge in [-0.2, -0.15) is 0 Å². The highest BCUT2D eigenvalue weighted by molar-refractivity contribution is 5.29. The molecule has 0 radical (unpaired) electrons. The normalized spacial score (nSPS) is 10.2. The second-order valence-electron chi connectivity index (χ2n) is 3.63. The Balaban J connectivity index is 2.08. The number of rotatable bonds is 4. The van der Waals surface area contributed by atoms with E-state index >= 15 is 0 Å². The Morgan fingerprint density at radius 3 is 2.24 bits per heavy atom. The Labute approximate surface area is 99.9 Å². The van der Waals surface area contributed by atoms with Crippen LogP contribution in [0.3, 0.4) is 0 Å². The third-order valence-electron chi connectivity index (χ3n) is 2.40. The maximum absolute atomic E-state index is 8.86. The van der Waals surface area contributed by atoms with E-state index in [1.807, 2.05) is 24.3 Å². The van der Waals surface area contributed by atoms with Crippen molar-refractivity contribution in [2.45, 2.75) is 20.0 Å². The summed E-state index contributed by atoms with van der Waals surface area (Å²) < 4.78 is 5.47. The van der Waals surface area contributed by atoms with Crippen LogP contribution in [-0.2, 0) is 13.0 Å². The van der Waals surface area contributed by atoms with E-state index in [2.05, 4.69) is 16.9 Å². The lowest BCUT2D eigenvalue weighted by Gasteiger charge is -2.04. The summed E-state index contributed by atoms with van der Waals surface area (Å²) in [5.41, 5.74) is 1.92. The molecule has 1 heterocycles. The molecule has 0 atom stereocenters. The molecule has 1 N–H and O–H groups in total. The van der Waals surface area contributed by atoms with Crippen LogP contribution in [0.2, 0.25) is 0 Å². The molecule has 17 heavy (non-hydrogen) atoms. The van der Waals surface area contributed by atoms with Gasteiger partial charge in [-0.25, -0.2) is 9.97 Å². The average Bonchev–Trinajstić information content (AvgIpc) is 2.40. The van der Waals surface area contributed by atoms with Crippen LogP contribution in [0.1, 0.15) is 18.1 Å². The second kappa shape index (κ2) is 5.41. The molecular formula is C13H14N2O2. The Morgan fingerprint density at radius 1 is 1.06 bits per heavy atom. The summed E-state index contributed by atoms with van der Waals surface area (Å²) in [5, 5.41) is 8.86. The summed E-state index contributed by atoms with van der Waals surface area (Å²) in [6.45, 7) is 2.04. The molecule has 0 saturated carbocycles. The first-order valence-electron chi connectivity index (χ1n) is 5.50. The van der Waals surface area contributed by atoms with Gasteiger partial charge in [0, 0.05) is 18.0 Å². The maximum Gasteiger partial charge on any atom is 0.321 e. The zero-order valence-corrected chi connectivity index (χ0v) is 9.63. The lowest BCUT2D eigenvalue weighted by atomic mass is 10.2. The SMILES string of the molecule is CCc1ccc(Oc2ncc(CO)cn2)cc1. The van der Waals surface area contributed by atoms with Crippen LogP contribution < -0.4 is 4.74 Å². The summed E-state index contributed by atoms with van der Waals surface area (Å²) in [6, 6.07) is 8.09. The minimum absolute atomic E-state index is 0.0640. The fourth-order valence-electron chi connectivity index (χ4n) is 1.38. The standard InChI is InChI=1S/C13H14N2O2/c1-2-10-3-5-12(6-4-10)17-13-14-7-11(9-16)8-15-13/h3-8,16H,2,9H2,1H3. The third-order valence-corrected chi connectivity index (χ3v) is 2.40. The number of aromatic nitrogens is 2. The van der Waals surface area contributed by atoms with Gasteiger partial charge in [-0.1, -0.05) is 19.1 Å². The monoisotopic (exact) mass is 230 g/mol. The van der Waals surface area contributed by atoms with Crippen molar-refractivity contribution in [1.29, 1.82) is 0 Å². The number of hydrogen-bond acceptors (Lipinski definition) is 4. The van der Waals surface area contributed by atoms with E-state index in [0.717, 1.165) is 6.42 Å². The van der Waals surface area contributed by atoms with Crippen molar-refractivity contribution >= 4 is 0 Å². The third kappa shape index (κ3) is 3.01. The van der Waals surface area contributed by atoms with Gasteiger partial charge in [-0.3, -0.25) is 0 Å². The molecule has 1 aromatic carbocycles. The molecule has 1 aromatic heterocycles. The van der Waals surface area contributed by atoms with Gasteiger partial charge in [0.25, 0.3) is 0 Å². The fraction of sp³-hybridized carbons (Fsp3) is 0.231. The number of aryl methyl sites for hydroxylation is 1. The zero-order chi connectivity index (χ0) is 12.1. The minimum atomic E-state index is -0.0640. The molecule has 88 valence electrons. The first-order chi connectivity index (χ1) is 8.31. The van der Waals surface area contributed by atoms with Gasteiger partial charge in [-0.05, 0) is 24.1 Å². The molecule has 0 saturated heterocycles. The smallest absolute Gasteiger partial charge is 0.321 e. The number of benzene rings is 1. The van der Waals surface area contributed by atoms with Crippen molar-refractivity contribution in [3.8, 4) is 11.8 Å². The van der Waals surface area contributed by atoms with Gasteiger partial charge < -0.3 is 9.84 Å².